The lowest BCUT2D eigenvalue weighted by atomic mass is 10.2. The second kappa shape index (κ2) is 4.44. The molecule has 0 radical (unpaired) electrons. The molecule has 0 aliphatic rings. The smallest absolute Gasteiger partial charge is 0.301 e. The van der Waals surface area contributed by atoms with Gasteiger partial charge in [-0.2, -0.15) is 4.98 Å². The summed E-state index contributed by atoms with van der Waals surface area (Å²) in [6.45, 7) is 1.75. The molecule has 0 aromatic carbocycles. The maximum Gasteiger partial charge on any atom is 0.301 e. The third-order valence-corrected chi connectivity index (χ3v) is 1.52. The van der Waals surface area contributed by atoms with Crippen molar-refractivity contribution in [3.05, 3.63) is 12.0 Å². The molecule has 0 saturated carbocycles. The van der Waals surface area contributed by atoms with Crippen molar-refractivity contribution in [3.63, 3.8) is 0 Å². The summed E-state index contributed by atoms with van der Waals surface area (Å²) < 4.78 is 4.91. The standard InChI is InChI=1S/C9H11N3O2/c1-3-4-7(10)8(13)12-9-11-6(2)5-14-9/h1,5,7H,4,10H2,2H3,(H,11,12,13). The highest BCUT2D eigenvalue weighted by molar-refractivity contribution is 5.93. The van der Waals surface area contributed by atoms with Gasteiger partial charge in [0.05, 0.1) is 11.7 Å². The van der Waals surface area contributed by atoms with Gasteiger partial charge in [0.25, 0.3) is 0 Å². The number of oxazole rings is 1. The molecule has 0 bridgehead atoms. The van der Waals surface area contributed by atoms with Crippen molar-refractivity contribution in [2.75, 3.05) is 5.32 Å². The molecule has 1 heterocycles. The lowest BCUT2D eigenvalue weighted by Gasteiger charge is -2.05. The first-order chi connectivity index (χ1) is 6.63. The van der Waals surface area contributed by atoms with Gasteiger partial charge in [-0.05, 0) is 6.92 Å². The Balaban J connectivity index is 2.53. The Kier molecular flexibility index (Phi) is 3.26. The number of terminal acetylenes is 1. The van der Waals surface area contributed by atoms with Crippen molar-refractivity contribution >= 4 is 11.9 Å². The summed E-state index contributed by atoms with van der Waals surface area (Å²) in [6, 6.07) is -0.591. The van der Waals surface area contributed by atoms with Crippen LogP contribution in [0.5, 0.6) is 0 Å². The van der Waals surface area contributed by atoms with E-state index in [1.165, 1.54) is 6.26 Å². The summed E-state index contributed by atoms with van der Waals surface area (Å²) in [6.07, 6.45) is 6.63. The van der Waals surface area contributed by atoms with Crippen LogP contribution in [0, 0.1) is 19.3 Å². The molecule has 5 nitrogen and oxygen atoms in total. The summed E-state index contributed by atoms with van der Waals surface area (Å²) in [5.41, 5.74) is 6.14. The van der Waals surface area contributed by atoms with Gasteiger partial charge in [0, 0.05) is 6.42 Å². The van der Waals surface area contributed by atoms with Gasteiger partial charge in [0.1, 0.15) is 6.26 Å². The number of aromatic nitrogens is 1. The second-order valence-corrected chi connectivity index (χ2v) is 2.80. The van der Waals surface area contributed by atoms with Crippen molar-refractivity contribution in [2.24, 2.45) is 5.73 Å². The van der Waals surface area contributed by atoms with Crippen molar-refractivity contribution in [2.45, 2.75) is 19.4 Å². The molecular weight excluding hydrogens is 182 g/mol. The van der Waals surface area contributed by atoms with Crippen LogP contribution in [0.3, 0.4) is 0 Å². The van der Waals surface area contributed by atoms with Gasteiger partial charge in [-0.3, -0.25) is 10.1 Å². The van der Waals surface area contributed by atoms with E-state index in [0.717, 1.165) is 0 Å². The van der Waals surface area contributed by atoms with Gasteiger partial charge in [-0.25, -0.2) is 0 Å². The Labute approximate surface area is 81.7 Å². The molecule has 1 aromatic heterocycles. The molecule has 0 fully saturated rings. The largest absolute Gasteiger partial charge is 0.432 e. The quantitative estimate of drug-likeness (QED) is 0.675. The van der Waals surface area contributed by atoms with Crippen molar-refractivity contribution in [1.82, 2.24) is 4.98 Å². The normalized spacial score (nSPS) is 11.8. The number of amides is 1. The summed E-state index contributed by atoms with van der Waals surface area (Å²) in [5, 5.41) is 2.41. The zero-order valence-corrected chi connectivity index (χ0v) is 7.78. The maximum atomic E-state index is 11.3. The molecule has 1 rings (SSSR count). The number of nitrogens with two attached hydrogens (primary N) is 1. The third-order valence-electron chi connectivity index (χ3n) is 1.52. The first-order valence-corrected chi connectivity index (χ1v) is 4.05. The first kappa shape index (κ1) is 10.3. The minimum absolute atomic E-state index is 0.139. The molecule has 1 atom stereocenters. The number of carbonyl (C=O) groups is 1. The van der Waals surface area contributed by atoms with Crippen molar-refractivity contribution < 1.29 is 9.21 Å². The van der Waals surface area contributed by atoms with E-state index in [0.29, 0.717) is 5.69 Å². The molecule has 1 amide bonds. The van der Waals surface area contributed by atoms with Crippen molar-refractivity contribution in [1.29, 1.82) is 0 Å². The van der Waals surface area contributed by atoms with E-state index in [9.17, 15) is 4.79 Å². The maximum absolute atomic E-state index is 11.3. The van der Waals surface area contributed by atoms with Crippen LogP contribution in [-0.2, 0) is 4.79 Å². The Bertz CT molecular complexity index is 364. The van der Waals surface area contributed by atoms with Gasteiger partial charge in [0.2, 0.25) is 5.91 Å². The van der Waals surface area contributed by atoms with E-state index < -0.39 is 11.9 Å². The van der Waals surface area contributed by atoms with Crippen LogP contribution in [-0.4, -0.2) is 16.9 Å². The van der Waals surface area contributed by atoms with Gasteiger partial charge in [-0.1, -0.05) is 0 Å². The van der Waals surface area contributed by atoms with Gasteiger partial charge < -0.3 is 10.2 Å². The fourth-order valence-electron chi connectivity index (χ4n) is 0.829. The summed E-state index contributed by atoms with van der Waals surface area (Å²) in [4.78, 5) is 15.2. The second-order valence-electron chi connectivity index (χ2n) is 2.80. The monoisotopic (exact) mass is 193 g/mol. The number of carbonyl (C=O) groups excluding carboxylic acids is 1. The van der Waals surface area contributed by atoms with Crippen LogP contribution < -0.4 is 11.1 Å². The SMILES string of the molecule is C#CCC(N)C(=O)Nc1nc(C)co1. The van der Waals surface area contributed by atoms with E-state index in [1.807, 2.05) is 0 Å². The van der Waals surface area contributed by atoms with E-state index in [4.69, 9.17) is 16.6 Å². The number of rotatable bonds is 3. The Hall–Kier alpha value is -1.80. The molecule has 5 heteroatoms. The van der Waals surface area contributed by atoms with Crippen LogP contribution in [0.4, 0.5) is 6.01 Å². The molecular formula is C9H11N3O2. The van der Waals surface area contributed by atoms with Crippen LogP contribution in [0.25, 0.3) is 0 Å². The predicted molar refractivity (Wildman–Crippen MR) is 51.3 cm³/mol. The predicted octanol–water partition coefficient (Wildman–Crippen LogP) is 0.272. The van der Waals surface area contributed by atoms with E-state index in [-0.39, 0.29) is 12.4 Å². The Morgan fingerprint density at radius 3 is 3.14 bits per heavy atom. The molecule has 0 saturated heterocycles. The summed E-state index contributed by atoms with van der Waals surface area (Å²) >= 11 is 0. The average molecular weight is 193 g/mol. The highest BCUT2D eigenvalue weighted by Gasteiger charge is 2.14. The van der Waals surface area contributed by atoms with Crippen LogP contribution in [0.1, 0.15) is 12.1 Å². The number of nitrogens with one attached hydrogen (secondary N) is 1. The summed E-state index contributed by atoms with van der Waals surface area (Å²) in [5.74, 6) is 1.90. The molecule has 1 aromatic rings. The highest BCUT2D eigenvalue weighted by Crippen LogP contribution is 2.06. The molecule has 3 N–H and O–H groups in total. The molecule has 14 heavy (non-hydrogen) atoms. The average Bonchev–Trinajstić information content (AvgIpc) is 2.51. The number of aryl methyl sites for hydroxylation is 1. The molecule has 0 spiro atoms. The van der Waals surface area contributed by atoms with Gasteiger partial charge >= 0.3 is 6.01 Å². The lowest BCUT2D eigenvalue weighted by molar-refractivity contribution is -0.117. The van der Waals surface area contributed by atoms with Gasteiger partial charge in [-0.15, -0.1) is 12.3 Å². The number of anilines is 1. The highest BCUT2D eigenvalue weighted by atomic mass is 16.4. The zero-order valence-electron chi connectivity index (χ0n) is 7.78. The number of nitrogens with zero attached hydrogens (tertiary/aromatic N) is 1. The van der Waals surface area contributed by atoms with Crippen LogP contribution >= 0.6 is 0 Å². The van der Waals surface area contributed by atoms with E-state index in [2.05, 4.69) is 16.2 Å². The molecule has 0 aliphatic carbocycles. The van der Waals surface area contributed by atoms with Crippen LogP contribution in [0.15, 0.2) is 10.7 Å². The lowest BCUT2D eigenvalue weighted by Crippen LogP contribution is -2.35. The molecule has 0 aliphatic heterocycles. The van der Waals surface area contributed by atoms with E-state index >= 15 is 0 Å². The third kappa shape index (κ3) is 2.61. The Morgan fingerprint density at radius 2 is 2.64 bits per heavy atom. The fraction of sp³-hybridized carbons (Fsp3) is 0.333. The first-order valence-electron chi connectivity index (χ1n) is 4.05. The molecule has 74 valence electrons. The minimum atomic E-state index is -0.729. The molecule has 1 unspecified atom stereocenters. The zero-order chi connectivity index (χ0) is 10.6. The Morgan fingerprint density at radius 1 is 1.93 bits per heavy atom. The van der Waals surface area contributed by atoms with Crippen LogP contribution in [0.2, 0.25) is 0 Å². The number of hydrogen-bond donors (Lipinski definition) is 2. The number of hydrogen-bond acceptors (Lipinski definition) is 4. The van der Waals surface area contributed by atoms with Gasteiger partial charge in [0.15, 0.2) is 0 Å². The van der Waals surface area contributed by atoms with E-state index in [1.54, 1.807) is 6.92 Å². The minimum Gasteiger partial charge on any atom is -0.432 e. The topological polar surface area (TPSA) is 81.2 Å². The summed E-state index contributed by atoms with van der Waals surface area (Å²) in [7, 11) is 0. The van der Waals surface area contributed by atoms with Crippen molar-refractivity contribution in [3.8, 4) is 12.3 Å². The fourth-order valence-corrected chi connectivity index (χ4v) is 0.829.